The van der Waals surface area contributed by atoms with Crippen LogP contribution in [0.3, 0.4) is 0 Å². The van der Waals surface area contributed by atoms with Crippen molar-refractivity contribution in [1.29, 1.82) is 0 Å². The van der Waals surface area contributed by atoms with E-state index in [1.165, 1.54) is 18.2 Å². The van der Waals surface area contributed by atoms with Crippen LogP contribution in [0.5, 0.6) is 11.5 Å². The van der Waals surface area contributed by atoms with E-state index >= 15 is 0 Å². The van der Waals surface area contributed by atoms with Crippen molar-refractivity contribution in [1.82, 2.24) is 0 Å². The first-order valence-corrected chi connectivity index (χ1v) is 6.06. The highest BCUT2D eigenvalue weighted by atomic mass is 35.5. The Bertz CT molecular complexity index is 641. The number of alkyl halides is 3. The van der Waals surface area contributed by atoms with Gasteiger partial charge in [0.2, 0.25) is 0 Å². The SMILES string of the molecule is Cc1cc(Cl)ccc1Oc1ccc(N)cc1C(F)(F)F. The Kier molecular flexibility index (Phi) is 3.81. The van der Waals surface area contributed by atoms with Crippen LogP contribution in [-0.4, -0.2) is 0 Å². The maximum absolute atomic E-state index is 12.9. The van der Waals surface area contributed by atoms with E-state index in [-0.39, 0.29) is 11.4 Å². The third kappa shape index (κ3) is 3.17. The molecule has 0 aromatic heterocycles. The van der Waals surface area contributed by atoms with Gasteiger partial charge < -0.3 is 10.5 Å². The third-order valence-electron chi connectivity index (χ3n) is 2.67. The molecule has 0 saturated heterocycles. The molecule has 0 aliphatic carbocycles. The van der Waals surface area contributed by atoms with Gasteiger partial charge in [0.25, 0.3) is 0 Å². The summed E-state index contributed by atoms with van der Waals surface area (Å²) in [6.07, 6.45) is -4.54. The van der Waals surface area contributed by atoms with Crippen LogP contribution >= 0.6 is 11.6 Å². The smallest absolute Gasteiger partial charge is 0.420 e. The average molecular weight is 302 g/mol. The summed E-state index contributed by atoms with van der Waals surface area (Å²) < 4.78 is 44.2. The lowest BCUT2D eigenvalue weighted by molar-refractivity contribution is -0.138. The van der Waals surface area contributed by atoms with Gasteiger partial charge in [-0.25, -0.2) is 0 Å². The summed E-state index contributed by atoms with van der Waals surface area (Å²) in [5.74, 6) is 0.0155. The Labute approximate surface area is 118 Å². The van der Waals surface area contributed by atoms with E-state index in [1.807, 2.05) is 0 Å². The zero-order valence-corrected chi connectivity index (χ0v) is 11.2. The number of benzene rings is 2. The molecule has 2 aromatic carbocycles. The van der Waals surface area contributed by atoms with Crippen molar-refractivity contribution in [2.45, 2.75) is 13.1 Å². The van der Waals surface area contributed by atoms with Crippen LogP contribution < -0.4 is 10.5 Å². The van der Waals surface area contributed by atoms with Crippen molar-refractivity contribution in [3.63, 3.8) is 0 Å². The molecule has 0 bridgehead atoms. The number of ether oxygens (including phenoxy) is 1. The summed E-state index contributed by atoms with van der Waals surface area (Å²) in [5.41, 5.74) is 5.15. The van der Waals surface area contributed by atoms with Crippen molar-refractivity contribution in [2.75, 3.05) is 5.73 Å². The monoisotopic (exact) mass is 301 g/mol. The summed E-state index contributed by atoms with van der Waals surface area (Å²) in [4.78, 5) is 0. The van der Waals surface area contributed by atoms with Gasteiger partial charge in [-0.15, -0.1) is 0 Å². The number of hydrogen-bond acceptors (Lipinski definition) is 2. The Morgan fingerprint density at radius 3 is 2.30 bits per heavy atom. The zero-order chi connectivity index (χ0) is 14.9. The van der Waals surface area contributed by atoms with Crippen LogP contribution in [0.1, 0.15) is 11.1 Å². The highest BCUT2D eigenvalue weighted by molar-refractivity contribution is 6.30. The molecule has 0 fully saturated rings. The predicted octanol–water partition coefficient (Wildman–Crippen LogP) is 5.04. The van der Waals surface area contributed by atoms with E-state index in [2.05, 4.69) is 0 Å². The molecule has 0 spiro atoms. The van der Waals surface area contributed by atoms with E-state index in [1.54, 1.807) is 19.1 Å². The van der Waals surface area contributed by atoms with Gasteiger partial charge in [-0.2, -0.15) is 13.2 Å². The van der Waals surface area contributed by atoms with Crippen molar-refractivity contribution in [3.8, 4) is 11.5 Å². The molecule has 0 atom stereocenters. The molecule has 106 valence electrons. The molecule has 2 nitrogen and oxygen atoms in total. The molecule has 2 rings (SSSR count). The number of nitrogen functional groups attached to an aromatic ring is 1. The van der Waals surface area contributed by atoms with Gasteiger partial charge in [0.1, 0.15) is 17.1 Å². The van der Waals surface area contributed by atoms with E-state index in [4.69, 9.17) is 22.1 Å². The highest BCUT2D eigenvalue weighted by Crippen LogP contribution is 2.39. The van der Waals surface area contributed by atoms with Gasteiger partial charge >= 0.3 is 6.18 Å². The number of halogens is 4. The first kappa shape index (κ1) is 14.5. The Morgan fingerprint density at radius 2 is 1.70 bits per heavy atom. The molecule has 0 unspecified atom stereocenters. The number of aryl methyl sites for hydroxylation is 1. The van der Waals surface area contributed by atoms with Crippen LogP contribution in [0.2, 0.25) is 5.02 Å². The maximum atomic E-state index is 12.9. The minimum absolute atomic E-state index is 0.0255. The molecule has 0 heterocycles. The predicted molar refractivity (Wildman–Crippen MR) is 72.1 cm³/mol. The van der Waals surface area contributed by atoms with Gasteiger partial charge in [0.05, 0.1) is 0 Å². The first-order chi connectivity index (χ1) is 9.27. The summed E-state index contributed by atoms with van der Waals surface area (Å²) in [6, 6.07) is 8.09. The van der Waals surface area contributed by atoms with E-state index in [0.29, 0.717) is 16.3 Å². The minimum Gasteiger partial charge on any atom is -0.456 e. The molecule has 0 saturated carbocycles. The van der Waals surface area contributed by atoms with Crippen molar-refractivity contribution in [2.24, 2.45) is 0 Å². The molecule has 0 aliphatic heterocycles. The number of rotatable bonds is 2. The topological polar surface area (TPSA) is 35.2 Å². The van der Waals surface area contributed by atoms with Crippen LogP contribution in [0.4, 0.5) is 18.9 Å². The van der Waals surface area contributed by atoms with Gasteiger partial charge in [0.15, 0.2) is 0 Å². The summed E-state index contributed by atoms with van der Waals surface area (Å²) in [5, 5.41) is 0.489. The van der Waals surface area contributed by atoms with E-state index in [0.717, 1.165) is 6.07 Å². The minimum atomic E-state index is -4.54. The second-order valence-corrected chi connectivity index (χ2v) is 4.70. The summed E-state index contributed by atoms with van der Waals surface area (Å²) >= 11 is 5.79. The fourth-order valence-corrected chi connectivity index (χ4v) is 1.93. The molecular formula is C14H11ClF3NO. The molecular weight excluding hydrogens is 291 g/mol. The van der Waals surface area contributed by atoms with Crippen LogP contribution in [-0.2, 0) is 6.18 Å². The zero-order valence-electron chi connectivity index (χ0n) is 10.5. The number of anilines is 1. The van der Waals surface area contributed by atoms with E-state index in [9.17, 15) is 13.2 Å². The molecule has 0 radical (unpaired) electrons. The highest BCUT2D eigenvalue weighted by Gasteiger charge is 2.34. The van der Waals surface area contributed by atoms with Gasteiger partial charge in [-0.1, -0.05) is 11.6 Å². The molecule has 0 aliphatic rings. The Hall–Kier alpha value is -1.88. The maximum Gasteiger partial charge on any atom is 0.420 e. The number of hydrogen-bond donors (Lipinski definition) is 1. The van der Waals surface area contributed by atoms with Gasteiger partial charge in [-0.3, -0.25) is 0 Å². The van der Waals surface area contributed by atoms with Crippen LogP contribution in [0, 0.1) is 6.92 Å². The lowest BCUT2D eigenvalue weighted by Crippen LogP contribution is -2.08. The molecule has 2 N–H and O–H groups in total. The molecule has 0 amide bonds. The van der Waals surface area contributed by atoms with Gasteiger partial charge in [0, 0.05) is 10.7 Å². The Morgan fingerprint density at radius 1 is 1.05 bits per heavy atom. The van der Waals surface area contributed by atoms with Gasteiger partial charge in [-0.05, 0) is 48.9 Å². The second kappa shape index (κ2) is 5.25. The molecule has 2 aromatic rings. The summed E-state index contributed by atoms with van der Waals surface area (Å²) in [6.45, 7) is 1.70. The second-order valence-electron chi connectivity index (χ2n) is 4.27. The lowest BCUT2D eigenvalue weighted by Gasteiger charge is -2.15. The third-order valence-corrected chi connectivity index (χ3v) is 2.90. The normalized spacial score (nSPS) is 11.4. The largest absolute Gasteiger partial charge is 0.456 e. The van der Waals surface area contributed by atoms with Crippen molar-refractivity contribution in [3.05, 3.63) is 52.5 Å². The van der Waals surface area contributed by atoms with Crippen LogP contribution in [0.15, 0.2) is 36.4 Å². The molecule has 20 heavy (non-hydrogen) atoms. The van der Waals surface area contributed by atoms with Crippen LogP contribution in [0.25, 0.3) is 0 Å². The van der Waals surface area contributed by atoms with E-state index < -0.39 is 11.7 Å². The molecule has 6 heteroatoms. The van der Waals surface area contributed by atoms with Crippen molar-refractivity contribution >= 4 is 17.3 Å². The fraction of sp³-hybridized carbons (Fsp3) is 0.143. The average Bonchev–Trinajstić information content (AvgIpc) is 2.33. The first-order valence-electron chi connectivity index (χ1n) is 5.68. The standard InChI is InChI=1S/C14H11ClF3NO/c1-8-6-9(15)2-4-12(8)20-13-5-3-10(19)7-11(13)14(16,17)18/h2-7H,19H2,1H3. The van der Waals surface area contributed by atoms with Crippen molar-refractivity contribution < 1.29 is 17.9 Å². The Balaban J connectivity index is 2.43. The quantitative estimate of drug-likeness (QED) is 0.789. The lowest BCUT2D eigenvalue weighted by atomic mass is 10.1. The number of nitrogens with two attached hydrogens (primary N) is 1. The summed E-state index contributed by atoms with van der Waals surface area (Å²) in [7, 11) is 0. The fourth-order valence-electron chi connectivity index (χ4n) is 1.70.